The first-order valence-corrected chi connectivity index (χ1v) is 44.2. The van der Waals surface area contributed by atoms with Crippen LogP contribution in [0.3, 0.4) is 0 Å². The molecule has 3 amide bonds. The molecule has 3 aromatic rings. The van der Waals surface area contributed by atoms with Crippen molar-refractivity contribution in [1.82, 2.24) is 44.6 Å². The predicted molar refractivity (Wildman–Crippen MR) is 473 cm³/mol. The van der Waals surface area contributed by atoms with Crippen LogP contribution in [0.25, 0.3) is 11.3 Å². The molecule has 1 aromatic heterocycles. The lowest BCUT2D eigenvalue weighted by atomic mass is 9.89. The number of aromatic nitrogens is 1. The van der Waals surface area contributed by atoms with Crippen molar-refractivity contribution < 1.29 is 32.3 Å². The molecular formula is C94H172F3N9O4S. The number of aryl methyl sites for hydroxylation is 1. The Kier molecular flexibility index (Phi) is 56.3. The Morgan fingerprint density at radius 1 is 0.523 bits per heavy atom. The van der Waals surface area contributed by atoms with Gasteiger partial charge in [-0.1, -0.05) is 214 Å². The molecule has 5 aliphatic heterocycles. The van der Waals surface area contributed by atoms with Gasteiger partial charge in [-0.05, 0) is 214 Å². The van der Waals surface area contributed by atoms with Gasteiger partial charge in [0.05, 0.1) is 11.3 Å². The van der Waals surface area contributed by atoms with Gasteiger partial charge >= 0.3 is 6.18 Å². The van der Waals surface area contributed by atoms with Crippen molar-refractivity contribution in [3.8, 4) is 11.3 Å². The minimum atomic E-state index is -4.23. The highest BCUT2D eigenvalue weighted by Gasteiger charge is 2.34. The number of nitrogens with zero attached hydrogens (tertiary/aromatic N) is 8. The van der Waals surface area contributed by atoms with Crippen LogP contribution in [0, 0.1) is 58.7 Å². The van der Waals surface area contributed by atoms with Gasteiger partial charge in [-0.2, -0.15) is 13.2 Å². The molecule has 1 N–H and O–H groups in total. The zero-order chi connectivity index (χ0) is 81.7. The van der Waals surface area contributed by atoms with Crippen molar-refractivity contribution >= 4 is 34.8 Å². The van der Waals surface area contributed by atoms with Gasteiger partial charge in [0.2, 0.25) is 17.7 Å². The number of thiazole rings is 1. The maximum Gasteiger partial charge on any atom is 0.416 e. The zero-order valence-corrected chi connectivity index (χ0v) is 74.6. The van der Waals surface area contributed by atoms with Gasteiger partial charge in [-0.3, -0.25) is 24.1 Å². The van der Waals surface area contributed by atoms with Crippen molar-refractivity contribution in [2.24, 2.45) is 58.7 Å². The van der Waals surface area contributed by atoms with Crippen LogP contribution < -0.4 is 5.32 Å². The number of amides is 3. The Labute approximate surface area is 685 Å². The third-order valence-electron chi connectivity index (χ3n) is 21.4. The molecule has 1 aliphatic carbocycles. The first-order valence-electron chi connectivity index (χ1n) is 43.3. The fourth-order valence-corrected chi connectivity index (χ4v) is 14.8. The maximum atomic E-state index is 12.3. The van der Waals surface area contributed by atoms with Crippen molar-refractivity contribution in [3.63, 3.8) is 0 Å². The molecule has 644 valence electrons. The van der Waals surface area contributed by atoms with Crippen molar-refractivity contribution in [2.45, 2.75) is 306 Å². The number of likely N-dealkylation sites (N-methyl/N-ethyl adjacent to an activating group) is 2. The smallest absolute Gasteiger partial charge is 0.343 e. The molecule has 6 fully saturated rings. The molecule has 13 nitrogen and oxygen atoms in total. The van der Waals surface area contributed by atoms with E-state index in [0.29, 0.717) is 71.1 Å². The van der Waals surface area contributed by atoms with Crippen LogP contribution in [0.15, 0.2) is 60.0 Å². The molecule has 2 aromatic carbocycles. The monoisotopic (exact) mass is 1580 g/mol. The quantitative estimate of drug-likeness (QED) is 0.0822. The molecule has 5 saturated heterocycles. The van der Waals surface area contributed by atoms with E-state index in [4.69, 9.17) is 0 Å². The highest BCUT2D eigenvalue weighted by molar-refractivity contribution is 7.12. The van der Waals surface area contributed by atoms with Crippen molar-refractivity contribution in [1.29, 1.82) is 0 Å². The first kappa shape index (κ1) is 107. The second-order valence-electron chi connectivity index (χ2n) is 37.2. The minimum Gasteiger partial charge on any atom is -0.343 e. The Hall–Kier alpha value is -4.26. The second-order valence-corrected chi connectivity index (χ2v) is 38.0. The van der Waals surface area contributed by atoms with E-state index in [1.807, 2.05) is 64.3 Å². The summed E-state index contributed by atoms with van der Waals surface area (Å²) in [6.45, 7) is 63.0. The number of alkyl halides is 3. The van der Waals surface area contributed by atoms with E-state index in [1.54, 1.807) is 12.1 Å². The van der Waals surface area contributed by atoms with Crippen LogP contribution in [0.1, 0.15) is 309 Å². The third kappa shape index (κ3) is 51.4. The Balaban J connectivity index is 0.00000125. The molecule has 6 heterocycles. The summed E-state index contributed by atoms with van der Waals surface area (Å²) in [5.41, 5.74) is 3.14. The number of piperazine rings is 3. The molecule has 6 aliphatic rings. The van der Waals surface area contributed by atoms with Crippen LogP contribution in [0.2, 0.25) is 0 Å². The number of nitrogens with one attached hydrogen (secondary N) is 1. The number of Topliss-reactive ketones (excluding diaryl/α,β-unsaturated/α-hetero) is 1. The summed E-state index contributed by atoms with van der Waals surface area (Å²) in [6, 6.07) is 15.4. The average Bonchev–Trinajstić information content (AvgIpc) is 1.49. The average molecular weight is 1580 g/mol. The minimum absolute atomic E-state index is 0. The summed E-state index contributed by atoms with van der Waals surface area (Å²) in [5.74, 6) is 7.52. The van der Waals surface area contributed by atoms with Crippen LogP contribution in [0.4, 0.5) is 13.2 Å². The van der Waals surface area contributed by atoms with Gasteiger partial charge < -0.3 is 34.7 Å². The molecule has 9 rings (SSSR count). The van der Waals surface area contributed by atoms with E-state index in [9.17, 15) is 32.3 Å². The standard InChI is InChI=1S/C14H15NOS.C13H17F3.C12H24N2O.C12H23NO.C12H24.C10H20N2O.C10H21N.C9H20N2.2CH4/c1-10(2)8-13(16)14-15-12(9-17-14)11-6-4-3-5-7-11;1-10(2)4-3-5-11-6-8-12(9-7-11)13(14,15)16;1-10(2)8-11(15)14-7-6-13(5)12(3,4)9-14;1-11(2)7-6-8-12(14)13-9-4-3-5-10-13;1-10(2)5-6-11-7-8-12(3,4)9-11;1-9(2)8-10(13)12-6-4-11(3)5-7-12;1-10(2)6-9-11-7-4-3-5-8-11;1-9(2)3-6-11-7-4-10-5-8-11;;/h3-7,9-10H,8H2,1-2H3;6-10H,3-5H2,1-2H3;10H,6-9H2,1-5H3;11H,3-10H2,1-2H3;10-11H,5-9H2,1-4H3;9H,4-8H2,1-3H3;10H,3-9H2,1-2H3;9-10H,3-8H2,1-2H3;2*1H4. The van der Waals surface area contributed by atoms with Gasteiger partial charge in [0.25, 0.3) is 0 Å². The van der Waals surface area contributed by atoms with Gasteiger partial charge in [0.15, 0.2) is 10.8 Å². The van der Waals surface area contributed by atoms with E-state index in [1.165, 1.54) is 154 Å². The summed E-state index contributed by atoms with van der Waals surface area (Å²) in [4.78, 5) is 67.3. The molecule has 1 atom stereocenters. The summed E-state index contributed by atoms with van der Waals surface area (Å²) in [6.07, 6.45) is 21.8. The number of halogens is 3. The number of hydrogen-bond acceptors (Lipinski definition) is 11. The lowest BCUT2D eigenvalue weighted by molar-refractivity contribution is -0.138. The van der Waals surface area contributed by atoms with E-state index in [0.717, 1.165) is 150 Å². The lowest BCUT2D eigenvalue weighted by Crippen LogP contribution is -2.58. The maximum absolute atomic E-state index is 12.3. The van der Waals surface area contributed by atoms with Crippen LogP contribution in [-0.2, 0) is 27.0 Å². The molecule has 1 unspecified atom stereocenters. The summed E-state index contributed by atoms with van der Waals surface area (Å²) in [5, 5.41) is 5.93. The summed E-state index contributed by atoms with van der Waals surface area (Å²) >= 11 is 1.43. The number of benzene rings is 2. The normalized spacial score (nSPS) is 18.1. The van der Waals surface area contributed by atoms with Crippen LogP contribution >= 0.6 is 11.3 Å². The molecule has 1 saturated carbocycles. The van der Waals surface area contributed by atoms with Crippen molar-refractivity contribution in [2.75, 3.05) is 125 Å². The molecule has 17 heteroatoms. The number of likely N-dealkylation sites (tertiary alicyclic amines) is 2. The molecule has 0 spiro atoms. The SMILES string of the molecule is C.C.CC(C)CC(=O)N1CCN(C)C(C)(C)C1.CC(C)CC(=O)N1CCN(C)CC1.CC(C)CC(=O)c1nc(-c2ccccc2)cs1.CC(C)CCC1CCC(C)(C)C1.CC(C)CCCC(=O)N1CCCCC1.CC(C)CCCc1ccc(C(F)(F)F)cc1.CC(C)CCN1CCCCC1.CC(C)CCN1CCNCC1. The van der Waals surface area contributed by atoms with Gasteiger partial charge in [-0.15, -0.1) is 11.3 Å². The molecule has 0 bridgehead atoms. The largest absolute Gasteiger partial charge is 0.416 e. The van der Waals surface area contributed by atoms with Gasteiger partial charge in [0, 0.05) is 127 Å². The topological polar surface area (TPSA) is 116 Å². The van der Waals surface area contributed by atoms with Crippen LogP contribution in [0.5, 0.6) is 0 Å². The van der Waals surface area contributed by atoms with E-state index >= 15 is 0 Å². The highest BCUT2D eigenvalue weighted by atomic mass is 32.1. The highest BCUT2D eigenvalue weighted by Crippen LogP contribution is 2.43. The summed E-state index contributed by atoms with van der Waals surface area (Å²) in [7, 11) is 4.23. The number of carbonyl (C=O) groups excluding carboxylic acids is 4. The number of ketones is 1. The predicted octanol–water partition coefficient (Wildman–Crippen LogP) is 22.9. The van der Waals surface area contributed by atoms with E-state index in [2.05, 4.69) is 169 Å². The second kappa shape index (κ2) is 58.6. The summed E-state index contributed by atoms with van der Waals surface area (Å²) < 4.78 is 36.8. The van der Waals surface area contributed by atoms with Gasteiger partial charge in [-0.25, -0.2) is 4.98 Å². The third-order valence-corrected chi connectivity index (χ3v) is 22.3. The first-order chi connectivity index (χ1) is 51.2. The molecule has 111 heavy (non-hydrogen) atoms. The fraction of sp³-hybridized carbons (Fsp3) is 0.798. The number of carbonyl (C=O) groups is 4. The Morgan fingerprint density at radius 3 is 1.46 bits per heavy atom. The van der Waals surface area contributed by atoms with E-state index < -0.39 is 11.7 Å². The molecule has 0 radical (unpaired) electrons. The Bertz CT molecular complexity index is 2790. The zero-order valence-electron chi connectivity index (χ0n) is 73.8. The molecular weight excluding hydrogens is 1410 g/mol. The van der Waals surface area contributed by atoms with Crippen LogP contribution in [-0.4, -0.2) is 194 Å². The van der Waals surface area contributed by atoms with Crippen molar-refractivity contribution in [3.05, 3.63) is 76.1 Å². The fourth-order valence-electron chi connectivity index (χ4n) is 14.0. The van der Waals surface area contributed by atoms with Gasteiger partial charge in [0.1, 0.15) is 0 Å². The number of piperidine rings is 2. The number of rotatable bonds is 25. The Morgan fingerprint density at radius 2 is 0.991 bits per heavy atom. The lowest BCUT2D eigenvalue weighted by Gasteiger charge is -2.45. The number of hydrogen-bond donors (Lipinski definition) is 1. The van der Waals surface area contributed by atoms with E-state index in [-0.39, 0.29) is 26.2 Å².